The molecule has 4 heteroatoms. The molecule has 2 aromatic rings. The molecular weight excluding hydrogens is 217 g/mol. The Labute approximate surface area is 100 Å². The molecule has 1 aromatic carbocycles. The topological polar surface area (TPSA) is 43.8 Å². The second kappa shape index (κ2) is 4.35. The van der Waals surface area contributed by atoms with Gasteiger partial charge in [-0.3, -0.25) is 0 Å². The molecule has 0 fully saturated rings. The molecule has 92 valence electrons. The largest absolute Gasteiger partial charge is 0.369 e. The number of anilines is 1. The van der Waals surface area contributed by atoms with Gasteiger partial charge in [-0.15, -0.1) is 0 Å². The minimum atomic E-state index is -0.231. The van der Waals surface area contributed by atoms with Crippen LogP contribution in [-0.4, -0.2) is 9.55 Å². The van der Waals surface area contributed by atoms with Crippen molar-refractivity contribution in [2.75, 3.05) is 5.73 Å². The summed E-state index contributed by atoms with van der Waals surface area (Å²) in [7, 11) is 0. The van der Waals surface area contributed by atoms with Gasteiger partial charge in [-0.25, -0.2) is 9.37 Å². The molecule has 1 unspecified atom stereocenters. The molecule has 0 spiro atoms. The van der Waals surface area contributed by atoms with E-state index in [1.165, 1.54) is 6.07 Å². The van der Waals surface area contributed by atoms with Crippen LogP contribution in [-0.2, 0) is 6.54 Å². The molecule has 1 aromatic heterocycles. The second-order valence-corrected chi connectivity index (χ2v) is 4.68. The van der Waals surface area contributed by atoms with Gasteiger partial charge in [-0.05, 0) is 24.5 Å². The van der Waals surface area contributed by atoms with Gasteiger partial charge in [0.05, 0.1) is 11.0 Å². The van der Waals surface area contributed by atoms with Crippen LogP contribution < -0.4 is 5.73 Å². The summed E-state index contributed by atoms with van der Waals surface area (Å²) in [6.45, 7) is 6.89. The van der Waals surface area contributed by atoms with E-state index in [0.717, 1.165) is 18.5 Å². The third-order valence-electron chi connectivity index (χ3n) is 3.25. The maximum absolute atomic E-state index is 13.4. The highest BCUT2D eigenvalue weighted by Crippen LogP contribution is 2.23. The summed E-state index contributed by atoms with van der Waals surface area (Å²) in [4.78, 5) is 4.20. The molecule has 3 nitrogen and oxygen atoms in total. The molecule has 0 aliphatic rings. The van der Waals surface area contributed by atoms with E-state index < -0.39 is 0 Å². The van der Waals surface area contributed by atoms with Crippen LogP contribution in [0, 0.1) is 18.7 Å². The molecule has 0 saturated carbocycles. The van der Waals surface area contributed by atoms with Gasteiger partial charge in [0.2, 0.25) is 5.95 Å². The highest BCUT2D eigenvalue weighted by Gasteiger charge is 2.12. The zero-order valence-electron chi connectivity index (χ0n) is 10.5. The van der Waals surface area contributed by atoms with Gasteiger partial charge in [0.15, 0.2) is 0 Å². The highest BCUT2D eigenvalue weighted by atomic mass is 19.1. The van der Waals surface area contributed by atoms with Gasteiger partial charge >= 0.3 is 0 Å². The number of fused-ring (bicyclic) bond motifs is 1. The van der Waals surface area contributed by atoms with E-state index >= 15 is 0 Å². The normalized spacial score (nSPS) is 13.2. The molecule has 0 radical (unpaired) electrons. The monoisotopic (exact) mass is 235 g/mol. The number of aromatic nitrogens is 2. The van der Waals surface area contributed by atoms with Crippen molar-refractivity contribution in [1.29, 1.82) is 0 Å². The Morgan fingerprint density at radius 3 is 2.82 bits per heavy atom. The fourth-order valence-corrected chi connectivity index (χ4v) is 1.90. The van der Waals surface area contributed by atoms with E-state index in [4.69, 9.17) is 5.73 Å². The van der Waals surface area contributed by atoms with E-state index in [2.05, 4.69) is 18.8 Å². The minimum absolute atomic E-state index is 0.231. The Balaban J connectivity index is 2.54. The van der Waals surface area contributed by atoms with Crippen molar-refractivity contribution in [1.82, 2.24) is 9.55 Å². The standard InChI is InChI=1S/C13H18FN3/c1-4-8(2)7-17-12-5-9(3)10(14)6-11(12)16-13(17)15/h5-6,8H,4,7H2,1-3H3,(H2,15,16). The second-order valence-electron chi connectivity index (χ2n) is 4.68. The number of hydrogen-bond donors (Lipinski definition) is 1. The lowest BCUT2D eigenvalue weighted by Gasteiger charge is -2.12. The first kappa shape index (κ1) is 11.9. The quantitative estimate of drug-likeness (QED) is 0.888. The van der Waals surface area contributed by atoms with Crippen molar-refractivity contribution in [2.24, 2.45) is 5.92 Å². The summed E-state index contributed by atoms with van der Waals surface area (Å²) in [5.41, 5.74) is 8.06. The van der Waals surface area contributed by atoms with E-state index in [0.29, 0.717) is 22.9 Å². The van der Waals surface area contributed by atoms with Crippen LogP contribution in [0.5, 0.6) is 0 Å². The maximum atomic E-state index is 13.4. The Morgan fingerprint density at radius 2 is 2.18 bits per heavy atom. The average Bonchev–Trinajstić information content (AvgIpc) is 2.56. The van der Waals surface area contributed by atoms with Gasteiger partial charge in [0.25, 0.3) is 0 Å². The lowest BCUT2D eigenvalue weighted by molar-refractivity contribution is 0.479. The predicted molar refractivity (Wildman–Crippen MR) is 68.3 cm³/mol. The van der Waals surface area contributed by atoms with Crippen molar-refractivity contribution >= 4 is 17.0 Å². The molecule has 0 aliphatic heterocycles. The molecule has 1 heterocycles. The number of aryl methyl sites for hydroxylation is 1. The van der Waals surface area contributed by atoms with Crippen molar-refractivity contribution < 1.29 is 4.39 Å². The zero-order chi connectivity index (χ0) is 12.6. The molecular formula is C13H18FN3. The molecule has 17 heavy (non-hydrogen) atoms. The third-order valence-corrected chi connectivity index (χ3v) is 3.25. The first-order valence-corrected chi connectivity index (χ1v) is 5.94. The number of halogens is 1. The van der Waals surface area contributed by atoms with E-state index in [9.17, 15) is 4.39 Å². The third kappa shape index (κ3) is 2.12. The highest BCUT2D eigenvalue weighted by molar-refractivity contribution is 5.79. The summed E-state index contributed by atoms with van der Waals surface area (Å²) in [5, 5.41) is 0. The fraction of sp³-hybridized carbons (Fsp3) is 0.462. The Kier molecular flexibility index (Phi) is 3.05. The first-order valence-electron chi connectivity index (χ1n) is 5.94. The first-order chi connectivity index (χ1) is 8.02. The van der Waals surface area contributed by atoms with Crippen molar-refractivity contribution in [2.45, 2.75) is 33.7 Å². The number of hydrogen-bond acceptors (Lipinski definition) is 2. The number of nitrogen functional groups attached to an aromatic ring is 1. The van der Waals surface area contributed by atoms with Crippen molar-refractivity contribution in [3.8, 4) is 0 Å². The maximum Gasteiger partial charge on any atom is 0.201 e. The Bertz CT molecular complexity index is 545. The number of nitrogens with two attached hydrogens (primary N) is 1. The van der Waals surface area contributed by atoms with Gasteiger partial charge in [0.1, 0.15) is 5.82 Å². The van der Waals surface area contributed by atoms with E-state index in [-0.39, 0.29) is 5.82 Å². The summed E-state index contributed by atoms with van der Waals surface area (Å²) < 4.78 is 15.4. The average molecular weight is 235 g/mol. The van der Waals surface area contributed by atoms with E-state index in [1.807, 2.05) is 10.6 Å². The minimum Gasteiger partial charge on any atom is -0.369 e. The summed E-state index contributed by atoms with van der Waals surface area (Å²) >= 11 is 0. The smallest absolute Gasteiger partial charge is 0.201 e. The molecule has 2 rings (SSSR count). The summed E-state index contributed by atoms with van der Waals surface area (Å²) in [5.74, 6) is 0.760. The molecule has 0 bridgehead atoms. The lowest BCUT2D eigenvalue weighted by atomic mass is 10.1. The predicted octanol–water partition coefficient (Wildman–Crippen LogP) is 3.11. The van der Waals surface area contributed by atoms with Crippen molar-refractivity contribution in [3.63, 3.8) is 0 Å². The summed E-state index contributed by atoms with van der Waals surface area (Å²) in [6, 6.07) is 3.27. The molecule has 1 atom stereocenters. The van der Waals surface area contributed by atoms with Gasteiger partial charge in [-0.1, -0.05) is 20.3 Å². The van der Waals surface area contributed by atoms with Crippen LogP contribution in [0.25, 0.3) is 11.0 Å². The van der Waals surface area contributed by atoms with Crippen LogP contribution in [0.2, 0.25) is 0 Å². The molecule has 2 N–H and O–H groups in total. The lowest BCUT2D eigenvalue weighted by Crippen LogP contribution is -2.09. The Hall–Kier alpha value is -1.58. The molecule has 0 amide bonds. The summed E-state index contributed by atoms with van der Waals surface area (Å²) in [6.07, 6.45) is 1.08. The van der Waals surface area contributed by atoms with Crippen LogP contribution in [0.15, 0.2) is 12.1 Å². The van der Waals surface area contributed by atoms with Gasteiger partial charge in [0, 0.05) is 12.6 Å². The van der Waals surface area contributed by atoms with Gasteiger partial charge < -0.3 is 10.3 Å². The SMILES string of the molecule is CCC(C)Cn1c(N)nc2cc(F)c(C)cc21. The van der Waals surface area contributed by atoms with Gasteiger partial charge in [-0.2, -0.15) is 0 Å². The number of nitrogens with zero attached hydrogens (tertiary/aromatic N) is 2. The van der Waals surface area contributed by atoms with Crippen molar-refractivity contribution in [3.05, 3.63) is 23.5 Å². The van der Waals surface area contributed by atoms with E-state index in [1.54, 1.807) is 6.92 Å². The molecule has 0 saturated heterocycles. The Morgan fingerprint density at radius 1 is 1.47 bits per heavy atom. The number of rotatable bonds is 3. The van der Waals surface area contributed by atoms with Crippen LogP contribution in [0.3, 0.4) is 0 Å². The van der Waals surface area contributed by atoms with Crippen LogP contribution in [0.1, 0.15) is 25.8 Å². The number of imidazole rings is 1. The van der Waals surface area contributed by atoms with Crippen LogP contribution >= 0.6 is 0 Å². The zero-order valence-corrected chi connectivity index (χ0v) is 10.5. The number of benzene rings is 1. The fourth-order valence-electron chi connectivity index (χ4n) is 1.90. The van der Waals surface area contributed by atoms with Crippen LogP contribution in [0.4, 0.5) is 10.3 Å². The molecule has 0 aliphatic carbocycles.